The third-order valence-corrected chi connectivity index (χ3v) is 4.10. The predicted molar refractivity (Wildman–Crippen MR) is 88.1 cm³/mol. The molecular formula is C17H25N3O3. The minimum atomic E-state index is -0.165. The average molecular weight is 319 g/mol. The van der Waals surface area contributed by atoms with Crippen molar-refractivity contribution in [3.8, 4) is 5.75 Å². The first-order valence-corrected chi connectivity index (χ1v) is 7.97. The molecule has 0 saturated carbocycles. The van der Waals surface area contributed by atoms with Gasteiger partial charge in [-0.15, -0.1) is 0 Å². The van der Waals surface area contributed by atoms with Gasteiger partial charge in [0.15, 0.2) is 6.61 Å². The molecule has 6 heteroatoms. The van der Waals surface area contributed by atoms with E-state index in [-0.39, 0.29) is 24.3 Å². The van der Waals surface area contributed by atoms with Crippen molar-refractivity contribution >= 4 is 11.8 Å². The number of ether oxygens (including phenoxy) is 1. The van der Waals surface area contributed by atoms with E-state index < -0.39 is 0 Å². The van der Waals surface area contributed by atoms with Gasteiger partial charge in [0.25, 0.3) is 5.91 Å². The maximum Gasteiger partial charge on any atom is 0.260 e. The first-order chi connectivity index (χ1) is 11.0. The van der Waals surface area contributed by atoms with E-state index >= 15 is 0 Å². The van der Waals surface area contributed by atoms with Gasteiger partial charge in [0.05, 0.1) is 0 Å². The van der Waals surface area contributed by atoms with Crippen LogP contribution in [0.15, 0.2) is 24.3 Å². The van der Waals surface area contributed by atoms with Crippen LogP contribution in [0.1, 0.15) is 12.5 Å². The molecule has 2 N–H and O–H groups in total. The number of aryl methyl sites for hydroxylation is 1. The molecule has 1 aromatic carbocycles. The van der Waals surface area contributed by atoms with Gasteiger partial charge in [0.2, 0.25) is 5.91 Å². The summed E-state index contributed by atoms with van der Waals surface area (Å²) < 4.78 is 5.52. The molecule has 0 radical (unpaired) electrons. The van der Waals surface area contributed by atoms with Crippen molar-refractivity contribution in [3.63, 3.8) is 0 Å². The predicted octanol–water partition coefficient (Wildman–Crippen LogP) is 0.639. The van der Waals surface area contributed by atoms with Crippen molar-refractivity contribution in [1.82, 2.24) is 9.80 Å². The Morgan fingerprint density at radius 1 is 1.13 bits per heavy atom. The molecule has 1 fully saturated rings. The lowest BCUT2D eigenvalue weighted by Gasteiger charge is -2.35. The van der Waals surface area contributed by atoms with Gasteiger partial charge < -0.3 is 20.3 Å². The highest BCUT2D eigenvalue weighted by molar-refractivity contribution is 5.80. The van der Waals surface area contributed by atoms with E-state index in [2.05, 4.69) is 0 Å². The Bertz CT molecular complexity index is 537. The van der Waals surface area contributed by atoms with Crippen LogP contribution in [0.2, 0.25) is 0 Å². The van der Waals surface area contributed by atoms with Crippen molar-refractivity contribution in [2.24, 2.45) is 11.7 Å². The van der Waals surface area contributed by atoms with Gasteiger partial charge in [-0.25, -0.2) is 0 Å². The topological polar surface area (TPSA) is 75.9 Å². The second-order valence-corrected chi connectivity index (χ2v) is 5.94. The lowest BCUT2D eigenvalue weighted by atomic mass is 10.1. The van der Waals surface area contributed by atoms with E-state index in [0.29, 0.717) is 38.5 Å². The number of carbonyl (C=O) groups excluding carboxylic acids is 2. The van der Waals surface area contributed by atoms with E-state index in [1.54, 1.807) is 9.80 Å². The molecule has 1 saturated heterocycles. The fraction of sp³-hybridized carbons (Fsp3) is 0.529. The van der Waals surface area contributed by atoms with Crippen LogP contribution >= 0.6 is 0 Å². The summed E-state index contributed by atoms with van der Waals surface area (Å²) in [5.74, 6) is 0.539. The van der Waals surface area contributed by atoms with E-state index in [0.717, 1.165) is 5.56 Å². The molecule has 0 aromatic heterocycles. The van der Waals surface area contributed by atoms with Gasteiger partial charge in [-0.2, -0.15) is 0 Å². The van der Waals surface area contributed by atoms with E-state index in [1.807, 2.05) is 38.1 Å². The Kier molecular flexibility index (Phi) is 5.98. The van der Waals surface area contributed by atoms with E-state index in [1.165, 1.54) is 0 Å². The fourth-order valence-electron chi connectivity index (χ4n) is 2.46. The number of benzene rings is 1. The van der Waals surface area contributed by atoms with Crippen LogP contribution in [-0.4, -0.2) is 60.9 Å². The number of nitrogens with zero attached hydrogens (tertiary/aromatic N) is 2. The maximum absolute atomic E-state index is 12.2. The summed E-state index contributed by atoms with van der Waals surface area (Å²) in [7, 11) is 0. The molecule has 2 rings (SSSR count). The van der Waals surface area contributed by atoms with Crippen LogP contribution < -0.4 is 10.5 Å². The summed E-state index contributed by atoms with van der Waals surface area (Å²) in [4.78, 5) is 27.8. The summed E-state index contributed by atoms with van der Waals surface area (Å²) in [5.41, 5.74) is 6.68. The van der Waals surface area contributed by atoms with E-state index in [4.69, 9.17) is 10.5 Å². The largest absolute Gasteiger partial charge is 0.484 e. The Labute approximate surface area is 137 Å². The Morgan fingerprint density at radius 2 is 1.70 bits per heavy atom. The highest BCUT2D eigenvalue weighted by atomic mass is 16.5. The normalized spacial score (nSPS) is 16.1. The molecule has 1 aliphatic heterocycles. The molecule has 0 aliphatic carbocycles. The minimum absolute atomic E-state index is 0.0240. The molecule has 0 spiro atoms. The zero-order valence-corrected chi connectivity index (χ0v) is 13.8. The number of nitrogens with two attached hydrogens (primary N) is 1. The van der Waals surface area contributed by atoms with Crippen molar-refractivity contribution in [1.29, 1.82) is 0 Å². The Hall–Kier alpha value is -2.08. The molecule has 1 atom stereocenters. The number of carbonyl (C=O) groups is 2. The number of amides is 2. The first-order valence-electron chi connectivity index (χ1n) is 7.97. The van der Waals surface area contributed by atoms with Crippen LogP contribution in [0.25, 0.3) is 0 Å². The summed E-state index contributed by atoms with van der Waals surface area (Å²) >= 11 is 0. The summed E-state index contributed by atoms with van der Waals surface area (Å²) in [5, 5.41) is 0. The Balaban J connectivity index is 1.77. The second kappa shape index (κ2) is 7.97. The highest BCUT2D eigenvalue weighted by Crippen LogP contribution is 2.12. The van der Waals surface area contributed by atoms with Gasteiger partial charge in [-0.3, -0.25) is 9.59 Å². The lowest BCUT2D eigenvalue weighted by Crippen LogP contribution is -2.53. The van der Waals surface area contributed by atoms with Crippen LogP contribution in [0.3, 0.4) is 0 Å². The zero-order valence-electron chi connectivity index (χ0n) is 13.8. The molecule has 23 heavy (non-hydrogen) atoms. The Morgan fingerprint density at radius 3 is 2.26 bits per heavy atom. The molecule has 2 amide bonds. The summed E-state index contributed by atoms with van der Waals surface area (Å²) in [6.45, 7) is 6.40. The maximum atomic E-state index is 12.2. The van der Waals surface area contributed by atoms with Crippen molar-refractivity contribution in [3.05, 3.63) is 29.8 Å². The second-order valence-electron chi connectivity index (χ2n) is 5.94. The van der Waals surface area contributed by atoms with Crippen molar-refractivity contribution in [2.75, 3.05) is 39.3 Å². The number of piperazine rings is 1. The van der Waals surface area contributed by atoms with Crippen LogP contribution in [-0.2, 0) is 9.59 Å². The molecule has 1 aromatic rings. The average Bonchev–Trinajstić information content (AvgIpc) is 2.59. The highest BCUT2D eigenvalue weighted by Gasteiger charge is 2.26. The molecule has 1 heterocycles. The van der Waals surface area contributed by atoms with Gasteiger partial charge in [-0.05, 0) is 19.1 Å². The van der Waals surface area contributed by atoms with Gasteiger partial charge >= 0.3 is 0 Å². The van der Waals surface area contributed by atoms with E-state index in [9.17, 15) is 9.59 Å². The van der Waals surface area contributed by atoms with Crippen LogP contribution in [0.4, 0.5) is 0 Å². The monoisotopic (exact) mass is 319 g/mol. The molecule has 6 nitrogen and oxygen atoms in total. The van der Waals surface area contributed by atoms with Crippen LogP contribution in [0, 0.1) is 12.8 Å². The number of rotatable bonds is 5. The minimum Gasteiger partial charge on any atom is -0.484 e. The number of hydrogen-bond acceptors (Lipinski definition) is 4. The molecular weight excluding hydrogens is 294 g/mol. The quantitative estimate of drug-likeness (QED) is 0.864. The van der Waals surface area contributed by atoms with Gasteiger partial charge in [0.1, 0.15) is 5.75 Å². The fourth-order valence-corrected chi connectivity index (χ4v) is 2.46. The third kappa shape index (κ3) is 4.69. The summed E-state index contributed by atoms with van der Waals surface area (Å²) in [6, 6.07) is 7.60. The SMILES string of the molecule is Cc1ccc(OCC(=O)N2CCN(C(=O)C(C)CN)CC2)cc1. The molecule has 1 unspecified atom stereocenters. The lowest BCUT2D eigenvalue weighted by molar-refractivity contribution is -0.142. The molecule has 1 aliphatic rings. The van der Waals surface area contributed by atoms with Crippen LogP contribution in [0.5, 0.6) is 5.75 Å². The molecule has 126 valence electrons. The first kappa shape index (κ1) is 17.3. The smallest absolute Gasteiger partial charge is 0.260 e. The molecule has 0 bridgehead atoms. The van der Waals surface area contributed by atoms with Crippen molar-refractivity contribution in [2.45, 2.75) is 13.8 Å². The van der Waals surface area contributed by atoms with Gasteiger partial charge in [0, 0.05) is 38.6 Å². The van der Waals surface area contributed by atoms with Crippen molar-refractivity contribution < 1.29 is 14.3 Å². The third-order valence-electron chi connectivity index (χ3n) is 4.10. The summed E-state index contributed by atoms with van der Waals surface area (Å²) in [6.07, 6.45) is 0. The number of hydrogen-bond donors (Lipinski definition) is 1. The zero-order chi connectivity index (χ0) is 16.8. The standard InChI is InChI=1S/C17H25N3O3/c1-13-3-5-15(6-4-13)23-12-16(21)19-7-9-20(10-8-19)17(22)14(2)11-18/h3-6,14H,7-12,18H2,1-2H3. The van der Waals surface area contributed by atoms with Gasteiger partial charge in [-0.1, -0.05) is 24.6 Å².